The van der Waals surface area contributed by atoms with Crippen molar-refractivity contribution in [2.24, 2.45) is 0 Å². The lowest BCUT2D eigenvalue weighted by molar-refractivity contribution is -0.248. The van der Waals surface area contributed by atoms with Crippen molar-refractivity contribution in [2.45, 2.75) is 17.5 Å². The van der Waals surface area contributed by atoms with Crippen LogP contribution in [0.3, 0.4) is 0 Å². The molecule has 5 nitrogen and oxygen atoms in total. The van der Waals surface area contributed by atoms with Crippen molar-refractivity contribution in [3.05, 3.63) is 35.6 Å². The number of hydrogen-bond donors (Lipinski definition) is 1. The Morgan fingerprint density at radius 3 is 2.05 bits per heavy atom. The molecular formula is C10H6F6O5S. The highest BCUT2D eigenvalue weighted by Gasteiger charge is 2.66. The molecule has 1 rings (SSSR count). The molecule has 0 amide bonds. The van der Waals surface area contributed by atoms with Gasteiger partial charge in [0.1, 0.15) is 5.82 Å². The van der Waals surface area contributed by atoms with E-state index in [-0.39, 0.29) is 0 Å². The van der Waals surface area contributed by atoms with Crippen LogP contribution in [-0.4, -0.2) is 36.5 Å². The Balaban J connectivity index is 3.23. The van der Waals surface area contributed by atoms with Crippen molar-refractivity contribution in [3.8, 4) is 0 Å². The van der Waals surface area contributed by atoms with Gasteiger partial charge < -0.3 is 4.74 Å². The van der Waals surface area contributed by atoms with E-state index >= 15 is 0 Å². The summed E-state index contributed by atoms with van der Waals surface area (Å²) < 4.78 is 109. The van der Waals surface area contributed by atoms with E-state index in [2.05, 4.69) is 4.74 Å². The van der Waals surface area contributed by atoms with Crippen LogP contribution < -0.4 is 0 Å². The number of alkyl halides is 5. The lowest BCUT2D eigenvalue weighted by Gasteiger charge is -2.26. The molecule has 0 fully saturated rings. The van der Waals surface area contributed by atoms with Gasteiger partial charge >= 0.3 is 27.5 Å². The van der Waals surface area contributed by atoms with Gasteiger partial charge in [-0.2, -0.15) is 30.4 Å². The molecule has 22 heavy (non-hydrogen) atoms. The molecule has 0 saturated heterocycles. The Morgan fingerprint density at radius 2 is 1.64 bits per heavy atom. The summed E-state index contributed by atoms with van der Waals surface area (Å²) in [5, 5.41) is -5.87. The summed E-state index contributed by atoms with van der Waals surface area (Å²) in [7, 11) is -6.55. The molecule has 1 aromatic carbocycles. The number of esters is 1. The van der Waals surface area contributed by atoms with E-state index in [4.69, 9.17) is 4.55 Å². The highest BCUT2D eigenvalue weighted by molar-refractivity contribution is 7.86. The van der Waals surface area contributed by atoms with Crippen molar-refractivity contribution in [3.63, 3.8) is 0 Å². The van der Waals surface area contributed by atoms with Crippen LogP contribution in [0, 0.1) is 5.82 Å². The number of halogens is 6. The molecule has 0 radical (unpaired) electrons. The maximum atomic E-state index is 13.2. The third kappa shape index (κ3) is 3.68. The molecule has 0 aliphatic carbocycles. The molecule has 1 aromatic rings. The van der Waals surface area contributed by atoms with Crippen LogP contribution in [0.1, 0.15) is 10.4 Å². The smallest absolute Gasteiger partial charge is 0.432 e. The summed E-state index contributed by atoms with van der Waals surface area (Å²) in [6.07, 6.45) is -10.6. The summed E-state index contributed by atoms with van der Waals surface area (Å²) in [5.41, 5.74) is -1.12. The first-order chi connectivity index (χ1) is 9.78. The van der Waals surface area contributed by atoms with Crippen LogP contribution in [0.4, 0.5) is 26.3 Å². The van der Waals surface area contributed by atoms with Gasteiger partial charge in [0.25, 0.3) is 6.10 Å². The van der Waals surface area contributed by atoms with Crippen molar-refractivity contribution < 1.29 is 48.8 Å². The van der Waals surface area contributed by atoms with Gasteiger partial charge in [0.2, 0.25) is 0 Å². The molecule has 0 heterocycles. The predicted molar refractivity (Wildman–Crippen MR) is 58.2 cm³/mol. The zero-order valence-corrected chi connectivity index (χ0v) is 11.0. The van der Waals surface area contributed by atoms with E-state index in [1.165, 1.54) is 0 Å². The number of ether oxygens (including phenoxy) is 1. The first-order valence-corrected chi connectivity index (χ1v) is 6.59. The van der Waals surface area contributed by atoms with Crippen molar-refractivity contribution in [1.82, 2.24) is 0 Å². The molecule has 1 N–H and O–H groups in total. The quantitative estimate of drug-likeness (QED) is 0.511. The molecular weight excluding hydrogens is 346 g/mol. The average molecular weight is 352 g/mol. The van der Waals surface area contributed by atoms with Crippen LogP contribution in [0.2, 0.25) is 0 Å². The first-order valence-electron chi connectivity index (χ1n) is 5.15. The highest BCUT2D eigenvalue weighted by Crippen LogP contribution is 2.38. The van der Waals surface area contributed by atoms with Crippen LogP contribution in [0.15, 0.2) is 24.3 Å². The Labute approximate surface area is 119 Å². The molecule has 0 aliphatic rings. The fraction of sp³-hybridized carbons (Fsp3) is 0.300. The van der Waals surface area contributed by atoms with E-state index in [1.807, 2.05) is 0 Å². The Bertz CT molecular complexity index is 669. The largest absolute Gasteiger partial charge is 0.441 e. The van der Waals surface area contributed by atoms with Crippen LogP contribution in [-0.2, 0) is 14.9 Å². The van der Waals surface area contributed by atoms with E-state index in [0.29, 0.717) is 12.1 Å². The summed E-state index contributed by atoms with van der Waals surface area (Å²) in [6, 6.07) is 3.33. The van der Waals surface area contributed by atoms with Gasteiger partial charge in [-0.3, -0.25) is 4.55 Å². The van der Waals surface area contributed by atoms with Gasteiger partial charge in [0.15, 0.2) is 0 Å². The SMILES string of the molecule is O=C(OC(C(F)(F)F)C(F)(F)S(=O)(=O)O)c1ccccc1F. The van der Waals surface area contributed by atoms with E-state index in [1.54, 1.807) is 0 Å². The molecule has 0 aliphatic heterocycles. The molecule has 124 valence electrons. The number of carbonyl (C=O) groups is 1. The summed E-state index contributed by atoms with van der Waals surface area (Å²) in [4.78, 5) is 11.3. The molecule has 0 saturated carbocycles. The number of hydrogen-bond acceptors (Lipinski definition) is 4. The van der Waals surface area contributed by atoms with Crippen molar-refractivity contribution >= 4 is 16.1 Å². The van der Waals surface area contributed by atoms with Crippen LogP contribution in [0.5, 0.6) is 0 Å². The number of carbonyl (C=O) groups excluding carboxylic acids is 1. The zero-order valence-electron chi connectivity index (χ0n) is 10.1. The molecule has 0 bridgehead atoms. The number of benzene rings is 1. The number of rotatable bonds is 4. The zero-order chi connectivity index (χ0) is 17.3. The van der Waals surface area contributed by atoms with Crippen LogP contribution >= 0.6 is 0 Å². The first kappa shape index (κ1) is 18.2. The third-order valence-electron chi connectivity index (χ3n) is 2.27. The lowest BCUT2D eigenvalue weighted by Crippen LogP contribution is -2.52. The minimum atomic E-state index is -6.55. The van der Waals surface area contributed by atoms with E-state index in [9.17, 15) is 39.6 Å². The second kappa shape index (κ2) is 5.76. The Morgan fingerprint density at radius 1 is 1.14 bits per heavy atom. The van der Waals surface area contributed by atoms with Crippen molar-refractivity contribution in [2.75, 3.05) is 0 Å². The van der Waals surface area contributed by atoms with Gasteiger partial charge in [-0.05, 0) is 12.1 Å². The molecule has 1 atom stereocenters. The van der Waals surface area contributed by atoms with Crippen LogP contribution in [0.25, 0.3) is 0 Å². The monoisotopic (exact) mass is 352 g/mol. The van der Waals surface area contributed by atoms with Gasteiger partial charge in [-0.15, -0.1) is 0 Å². The minimum Gasteiger partial charge on any atom is -0.441 e. The third-order valence-corrected chi connectivity index (χ3v) is 3.17. The molecule has 0 spiro atoms. The molecule has 12 heteroatoms. The Kier molecular flexibility index (Phi) is 4.77. The summed E-state index contributed by atoms with van der Waals surface area (Å²) in [6.45, 7) is 0. The Hall–Kier alpha value is -1.82. The minimum absolute atomic E-state index is 0.636. The maximum absolute atomic E-state index is 13.2. The average Bonchev–Trinajstić information content (AvgIpc) is 2.33. The predicted octanol–water partition coefficient (Wildman–Crippen LogP) is 2.39. The highest BCUT2D eigenvalue weighted by atomic mass is 32.2. The maximum Gasteiger partial charge on any atom is 0.432 e. The fourth-order valence-electron chi connectivity index (χ4n) is 1.26. The standard InChI is InChI=1S/C10H6F6O5S/c11-6-4-2-1-3-5(6)7(17)21-8(9(12,13)14)10(15,16)22(18,19)20/h1-4,8H,(H,18,19,20). The van der Waals surface area contributed by atoms with Crippen molar-refractivity contribution in [1.29, 1.82) is 0 Å². The molecule has 0 aromatic heterocycles. The normalized spacial score (nSPS) is 14.5. The van der Waals surface area contributed by atoms with Gasteiger partial charge in [-0.1, -0.05) is 12.1 Å². The molecule has 1 unspecified atom stereocenters. The lowest BCUT2D eigenvalue weighted by atomic mass is 10.2. The van der Waals surface area contributed by atoms with Gasteiger partial charge in [-0.25, -0.2) is 9.18 Å². The van der Waals surface area contributed by atoms with E-state index < -0.39 is 45.0 Å². The fourth-order valence-corrected chi connectivity index (χ4v) is 1.71. The summed E-state index contributed by atoms with van der Waals surface area (Å²) >= 11 is 0. The topological polar surface area (TPSA) is 80.7 Å². The van der Waals surface area contributed by atoms with Gasteiger partial charge in [0.05, 0.1) is 5.56 Å². The van der Waals surface area contributed by atoms with E-state index in [0.717, 1.165) is 12.1 Å². The summed E-state index contributed by atoms with van der Waals surface area (Å²) in [5.74, 6) is -3.55. The second-order valence-corrected chi connectivity index (χ2v) is 5.34. The van der Waals surface area contributed by atoms with Gasteiger partial charge in [0, 0.05) is 0 Å². The second-order valence-electron chi connectivity index (χ2n) is 3.84.